The summed E-state index contributed by atoms with van der Waals surface area (Å²) in [5.74, 6) is -0.368. The summed E-state index contributed by atoms with van der Waals surface area (Å²) in [6, 6.07) is 1.60. The van der Waals surface area contributed by atoms with Crippen LogP contribution in [0.5, 0.6) is 0 Å². The molecule has 1 aromatic rings. The molecule has 0 amide bonds. The molecule has 8 heavy (non-hydrogen) atoms. The highest BCUT2D eigenvalue weighted by molar-refractivity contribution is 5.08. The van der Waals surface area contributed by atoms with Crippen LogP contribution in [0.3, 0.4) is 0 Å². The van der Waals surface area contributed by atoms with Gasteiger partial charge in [-0.3, -0.25) is 4.98 Å². The average molecular weight is 110 g/mol. The molecule has 0 aliphatic rings. The number of halogens is 1. The highest BCUT2D eigenvalue weighted by Crippen LogP contribution is 1.98. The van der Waals surface area contributed by atoms with Crippen LogP contribution >= 0.6 is 0 Å². The lowest BCUT2D eigenvalue weighted by Crippen LogP contribution is -1.81. The van der Waals surface area contributed by atoms with Crippen LogP contribution in [-0.4, -0.2) is 4.98 Å². The second kappa shape index (κ2) is 1.90. The van der Waals surface area contributed by atoms with E-state index in [0.29, 0.717) is 5.56 Å². The zero-order valence-corrected chi connectivity index (χ0v) is 4.48. The molecule has 1 rings (SSSR count). The molecule has 0 atom stereocenters. The van der Waals surface area contributed by atoms with Crippen molar-refractivity contribution in [2.45, 2.75) is 6.92 Å². The first-order valence-corrected chi connectivity index (χ1v) is 2.29. The Kier molecular flexibility index (Phi) is 1.24. The van der Waals surface area contributed by atoms with E-state index in [4.69, 9.17) is 0 Å². The molecule has 0 fully saturated rings. The number of rotatable bonds is 0. The van der Waals surface area contributed by atoms with Gasteiger partial charge in [-0.2, -0.15) is 0 Å². The number of aryl methyl sites for hydroxylation is 1. The molecule has 0 spiro atoms. The summed E-state index contributed by atoms with van der Waals surface area (Å²) in [6.45, 7) is 1.67. The SMILES string of the molecule is Cc1ccn[c]c1F. The molecule has 41 valence electrons. The minimum atomic E-state index is -0.368. The first-order chi connectivity index (χ1) is 3.80. The van der Waals surface area contributed by atoms with Gasteiger partial charge in [0.2, 0.25) is 0 Å². The fourth-order valence-corrected chi connectivity index (χ4v) is 0.404. The maximum absolute atomic E-state index is 12.2. The van der Waals surface area contributed by atoms with Crippen molar-refractivity contribution in [1.82, 2.24) is 4.98 Å². The molecule has 0 saturated heterocycles. The summed E-state index contributed by atoms with van der Waals surface area (Å²) < 4.78 is 12.2. The molecule has 1 heterocycles. The van der Waals surface area contributed by atoms with E-state index in [9.17, 15) is 4.39 Å². The van der Waals surface area contributed by atoms with E-state index in [1.165, 1.54) is 6.20 Å². The average Bonchev–Trinajstić information content (AvgIpc) is 1.77. The molecular formula is C6H5FN. The molecule has 2 heteroatoms. The normalized spacial score (nSPS) is 9.25. The number of nitrogens with zero attached hydrogens (tertiary/aromatic N) is 1. The largest absolute Gasteiger partial charge is 0.251 e. The van der Waals surface area contributed by atoms with Crippen LogP contribution in [0.4, 0.5) is 4.39 Å². The van der Waals surface area contributed by atoms with Gasteiger partial charge >= 0.3 is 0 Å². The second-order valence-corrected chi connectivity index (χ2v) is 1.55. The lowest BCUT2D eigenvalue weighted by atomic mass is 10.3. The Hall–Kier alpha value is -0.920. The molecule has 0 bridgehead atoms. The third-order valence-corrected chi connectivity index (χ3v) is 0.908. The van der Waals surface area contributed by atoms with E-state index >= 15 is 0 Å². The van der Waals surface area contributed by atoms with Gasteiger partial charge in [-0.25, -0.2) is 4.39 Å². The second-order valence-electron chi connectivity index (χ2n) is 1.55. The van der Waals surface area contributed by atoms with Gasteiger partial charge in [0.1, 0.15) is 6.20 Å². The lowest BCUT2D eigenvalue weighted by molar-refractivity contribution is 0.609. The summed E-state index contributed by atoms with van der Waals surface area (Å²) >= 11 is 0. The van der Waals surface area contributed by atoms with Crippen molar-refractivity contribution in [3.8, 4) is 0 Å². The first-order valence-electron chi connectivity index (χ1n) is 2.29. The molecule has 0 aliphatic heterocycles. The Morgan fingerprint density at radius 1 is 1.75 bits per heavy atom. The van der Waals surface area contributed by atoms with E-state index in [2.05, 4.69) is 11.2 Å². The lowest BCUT2D eigenvalue weighted by Gasteiger charge is -1.87. The van der Waals surface area contributed by atoms with E-state index in [-0.39, 0.29) is 5.82 Å². The van der Waals surface area contributed by atoms with Crippen LogP contribution in [-0.2, 0) is 0 Å². The highest BCUT2D eigenvalue weighted by atomic mass is 19.1. The van der Waals surface area contributed by atoms with Gasteiger partial charge < -0.3 is 0 Å². The van der Waals surface area contributed by atoms with Crippen molar-refractivity contribution < 1.29 is 4.39 Å². The summed E-state index contributed by atoms with van der Waals surface area (Å²) in [4.78, 5) is 3.45. The summed E-state index contributed by atoms with van der Waals surface area (Å²) in [7, 11) is 0. The van der Waals surface area contributed by atoms with Crippen molar-refractivity contribution in [2.75, 3.05) is 0 Å². The van der Waals surface area contributed by atoms with Crippen LogP contribution < -0.4 is 0 Å². The van der Waals surface area contributed by atoms with E-state index in [1.54, 1.807) is 13.0 Å². The summed E-state index contributed by atoms with van der Waals surface area (Å²) in [6.07, 6.45) is 3.70. The van der Waals surface area contributed by atoms with Crippen molar-refractivity contribution >= 4 is 0 Å². The van der Waals surface area contributed by atoms with E-state index in [0.717, 1.165) is 0 Å². The predicted molar refractivity (Wildman–Crippen MR) is 27.8 cm³/mol. The van der Waals surface area contributed by atoms with Gasteiger partial charge in [-0.05, 0) is 18.6 Å². The van der Waals surface area contributed by atoms with Crippen molar-refractivity contribution in [3.63, 3.8) is 0 Å². The van der Waals surface area contributed by atoms with Crippen molar-refractivity contribution in [3.05, 3.63) is 29.8 Å². The van der Waals surface area contributed by atoms with Gasteiger partial charge in [-0.1, -0.05) is 0 Å². The van der Waals surface area contributed by atoms with Gasteiger partial charge in [0.15, 0.2) is 5.82 Å². The van der Waals surface area contributed by atoms with Crippen LogP contribution in [0.2, 0.25) is 0 Å². The molecule has 0 unspecified atom stereocenters. The summed E-state index contributed by atoms with van der Waals surface area (Å²) in [5.41, 5.74) is 0.583. The molecule has 1 radical (unpaired) electrons. The Morgan fingerprint density at radius 2 is 2.50 bits per heavy atom. The quantitative estimate of drug-likeness (QED) is 0.491. The number of pyridine rings is 1. The minimum absolute atomic E-state index is 0.368. The molecule has 0 saturated carbocycles. The Labute approximate surface area is 47.2 Å². The number of hydrogen-bond acceptors (Lipinski definition) is 1. The van der Waals surface area contributed by atoms with Gasteiger partial charge in [0.25, 0.3) is 0 Å². The van der Waals surface area contributed by atoms with Gasteiger partial charge in [-0.15, -0.1) is 0 Å². The standard InChI is InChI=1S/C6H5FN/c1-5-2-3-8-4-6(5)7/h2-3H,1H3. The molecule has 1 aromatic heterocycles. The van der Waals surface area contributed by atoms with E-state index < -0.39 is 0 Å². The smallest absolute Gasteiger partial charge is 0.154 e. The molecule has 1 nitrogen and oxygen atoms in total. The van der Waals surface area contributed by atoms with Crippen LogP contribution in [0.1, 0.15) is 5.56 Å². The fraction of sp³-hybridized carbons (Fsp3) is 0.167. The molecule has 0 aromatic carbocycles. The number of hydrogen-bond donors (Lipinski definition) is 0. The van der Waals surface area contributed by atoms with Gasteiger partial charge in [0.05, 0.1) is 0 Å². The van der Waals surface area contributed by atoms with Crippen molar-refractivity contribution in [1.29, 1.82) is 0 Å². The third-order valence-electron chi connectivity index (χ3n) is 0.908. The Morgan fingerprint density at radius 3 is 2.88 bits per heavy atom. The number of aromatic nitrogens is 1. The molecular weight excluding hydrogens is 105 g/mol. The van der Waals surface area contributed by atoms with Crippen LogP contribution in [0, 0.1) is 18.9 Å². The van der Waals surface area contributed by atoms with Crippen LogP contribution in [0.15, 0.2) is 12.3 Å². The highest BCUT2D eigenvalue weighted by Gasteiger charge is 1.91. The Balaban J connectivity index is 3.13. The predicted octanol–water partition coefficient (Wildman–Crippen LogP) is 1.33. The van der Waals surface area contributed by atoms with Crippen molar-refractivity contribution in [2.24, 2.45) is 0 Å². The zero-order chi connectivity index (χ0) is 5.98. The fourth-order valence-electron chi connectivity index (χ4n) is 0.404. The maximum atomic E-state index is 12.2. The molecule has 0 N–H and O–H groups in total. The maximum Gasteiger partial charge on any atom is 0.154 e. The first kappa shape index (κ1) is 5.22. The summed E-state index contributed by atoms with van der Waals surface area (Å²) in [5, 5.41) is 0. The minimum Gasteiger partial charge on any atom is -0.251 e. The topological polar surface area (TPSA) is 12.9 Å². The monoisotopic (exact) mass is 110 g/mol. The molecule has 0 aliphatic carbocycles. The van der Waals surface area contributed by atoms with E-state index in [1.807, 2.05) is 0 Å². The zero-order valence-electron chi connectivity index (χ0n) is 4.48. The Bertz CT molecular complexity index is 165. The van der Waals surface area contributed by atoms with Crippen LogP contribution in [0.25, 0.3) is 0 Å². The third kappa shape index (κ3) is 0.832. The van der Waals surface area contributed by atoms with Gasteiger partial charge in [0, 0.05) is 6.20 Å².